The predicted octanol–water partition coefficient (Wildman–Crippen LogP) is 6.26. The Morgan fingerprint density at radius 2 is 1.23 bits per heavy atom. The average Bonchev–Trinajstić information content (AvgIpc) is 3.59. The summed E-state index contributed by atoms with van der Waals surface area (Å²) in [5.74, 6) is 0. The summed E-state index contributed by atoms with van der Waals surface area (Å²) in [5.41, 5.74) is 4.09. The molecule has 1 saturated heterocycles. The number of ether oxygens (including phenoxy) is 1. The average molecular weight is 400 g/mol. The van der Waals surface area contributed by atoms with Gasteiger partial charge in [0.15, 0.2) is 0 Å². The van der Waals surface area contributed by atoms with E-state index in [1.54, 1.807) is 0 Å². The first-order valence-electron chi connectivity index (χ1n) is 11.3. The van der Waals surface area contributed by atoms with E-state index in [1.807, 2.05) is 0 Å². The van der Waals surface area contributed by atoms with Crippen molar-refractivity contribution in [2.24, 2.45) is 0 Å². The van der Waals surface area contributed by atoms with Crippen LogP contribution in [0.4, 0.5) is 0 Å². The first-order valence-corrected chi connectivity index (χ1v) is 11.3. The van der Waals surface area contributed by atoms with Gasteiger partial charge >= 0.3 is 0 Å². The SMILES string of the molecule is CCCC[C@@]1([C@H](Cc2ccccc2)N(Cc2ccccc2)Cc2ccccc2)CO1. The quantitative estimate of drug-likeness (QED) is 0.354. The number of hydrogen-bond donors (Lipinski definition) is 0. The Morgan fingerprint density at radius 3 is 1.67 bits per heavy atom. The van der Waals surface area contributed by atoms with Crippen LogP contribution in [-0.2, 0) is 24.2 Å². The van der Waals surface area contributed by atoms with Crippen LogP contribution < -0.4 is 0 Å². The normalized spacial score (nSPS) is 19.0. The van der Waals surface area contributed by atoms with Crippen molar-refractivity contribution < 1.29 is 4.74 Å². The minimum Gasteiger partial charge on any atom is -0.368 e. The molecule has 0 unspecified atom stereocenters. The van der Waals surface area contributed by atoms with Crippen molar-refractivity contribution in [3.63, 3.8) is 0 Å². The zero-order valence-electron chi connectivity index (χ0n) is 18.0. The molecule has 30 heavy (non-hydrogen) atoms. The molecule has 1 heterocycles. The van der Waals surface area contributed by atoms with Crippen LogP contribution in [0, 0.1) is 0 Å². The molecule has 4 rings (SSSR count). The van der Waals surface area contributed by atoms with Gasteiger partial charge in [0.2, 0.25) is 0 Å². The largest absolute Gasteiger partial charge is 0.368 e. The van der Waals surface area contributed by atoms with E-state index in [0.717, 1.165) is 32.5 Å². The van der Waals surface area contributed by atoms with E-state index in [-0.39, 0.29) is 5.60 Å². The molecule has 3 aromatic rings. The summed E-state index contributed by atoms with van der Waals surface area (Å²) in [7, 11) is 0. The molecule has 2 nitrogen and oxygen atoms in total. The van der Waals surface area contributed by atoms with Crippen molar-refractivity contribution in [1.82, 2.24) is 4.90 Å². The van der Waals surface area contributed by atoms with Gasteiger partial charge in [-0.25, -0.2) is 0 Å². The molecule has 2 heteroatoms. The number of epoxide rings is 1. The molecule has 0 spiro atoms. The second-order valence-corrected chi connectivity index (χ2v) is 8.54. The van der Waals surface area contributed by atoms with Gasteiger partial charge in [-0.1, -0.05) is 111 Å². The molecule has 2 atom stereocenters. The first-order chi connectivity index (χ1) is 14.8. The third-order valence-corrected chi connectivity index (χ3v) is 6.25. The molecule has 0 saturated carbocycles. The van der Waals surface area contributed by atoms with Crippen LogP contribution >= 0.6 is 0 Å². The van der Waals surface area contributed by atoms with Crippen molar-refractivity contribution in [2.75, 3.05) is 6.61 Å². The molecule has 3 aromatic carbocycles. The van der Waals surface area contributed by atoms with Crippen LogP contribution in [0.3, 0.4) is 0 Å². The smallest absolute Gasteiger partial charge is 0.107 e. The van der Waals surface area contributed by atoms with Crippen LogP contribution in [-0.4, -0.2) is 23.1 Å². The molecule has 1 fully saturated rings. The molecule has 156 valence electrons. The second kappa shape index (κ2) is 10.1. The summed E-state index contributed by atoms with van der Waals surface area (Å²) >= 11 is 0. The van der Waals surface area contributed by atoms with E-state index < -0.39 is 0 Å². The van der Waals surface area contributed by atoms with Crippen LogP contribution in [0.2, 0.25) is 0 Å². The van der Waals surface area contributed by atoms with E-state index in [0.29, 0.717) is 6.04 Å². The molecule has 0 aromatic heterocycles. The van der Waals surface area contributed by atoms with Crippen molar-refractivity contribution in [2.45, 2.75) is 57.3 Å². The first kappa shape index (κ1) is 20.8. The summed E-state index contributed by atoms with van der Waals surface area (Å²) in [5, 5.41) is 0. The maximum atomic E-state index is 6.25. The molecule has 0 bridgehead atoms. The van der Waals surface area contributed by atoms with E-state index in [9.17, 15) is 0 Å². The standard InChI is InChI=1S/C28H33NO/c1-2-3-19-28(23-30-28)27(20-24-13-7-4-8-14-24)29(21-25-15-9-5-10-16-25)22-26-17-11-6-12-18-26/h4-18,27H,2-3,19-23H2,1H3/t27-,28-/m0/s1. The van der Waals surface area contributed by atoms with E-state index >= 15 is 0 Å². The van der Waals surface area contributed by atoms with Crippen molar-refractivity contribution in [3.05, 3.63) is 108 Å². The number of hydrogen-bond acceptors (Lipinski definition) is 2. The highest BCUT2D eigenvalue weighted by molar-refractivity contribution is 5.22. The summed E-state index contributed by atoms with van der Waals surface area (Å²) in [6, 6.07) is 33.0. The van der Waals surface area contributed by atoms with E-state index in [2.05, 4.69) is 103 Å². The van der Waals surface area contributed by atoms with Gasteiger partial charge in [0.05, 0.1) is 6.61 Å². The van der Waals surface area contributed by atoms with E-state index in [4.69, 9.17) is 4.74 Å². The summed E-state index contributed by atoms with van der Waals surface area (Å²) in [6.07, 6.45) is 4.58. The Kier molecular flexibility index (Phi) is 6.99. The Balaban J connectivity index is 1.65. The lowest BCUT2D eigenvalue weighted by molar-refractivity contribution is 0.0858. The van der Waals surface area contributed by atoms with Crippen LogP contribution in [0.15, 0.2) is 91.0 Å². The predicted molar refractivity (Wildman–Crippen MR) is 124 cm³/mol. The molecule has 0 radical (unpaired) electrons. The van der Waals surface area contributed by atoms with E-state index in [1.165, 1.54) is 29.5 Å². The zero-order chi connectivity index (χ0) is 20.7. The highest BCUT2D eigenvalue weighted by Gasteiger charge is 2.52. The number of nitrogens with zero attached hydrogens (tertiary/aromatic N) is 1. The topological polar surface area (TPSA) is 15.8 Å². The lowest BCUT2D eigenvalue weighted by Gasteiger charge is -2.36. The van der Waals surface area contributed by atoms with Crippen molar-refractivity contribution in [3.8, 4) is 0 Å². The molecule has 1 aliphatic heterocycles. The summed E-state index contributed by atoms with van der Waals surface area (Å²) in [4.78, 5) is 2.65. The Labute approximate surface area is 181 Å². The Morgan fingerprint density at radius 1 is 0.767 bits per heavy atom. The minimum atomic E-state index is -0.0184. The van der Waals surface area contributed by atoms with Gasteiger partial charge in [0, 0.05) is 19.1 Å². The lowest BCUT2D eigenvalue weighted by atomic mass is 9.87. The Bertz CT molecular complexity index is 833. The lowest BCUT2D eigenvalue weighted by Crippen LogP contribution is -2.47. The summed E-state index contributed by atoms with van der Waals surface area (Å²) < 4.78 is 6.25. The van der Waals surface area contributed by atoms with Gasteiger partial charge in [-0.15, -0.1) is 0 Å². The third kappa shape index (κ3) is 5.38. The van der Waals surface area contributed by atoms with Crippen molar-refractivity contribution >= 4 is 0 Å². The minimum absolute atomic E-state index is 0.0184. The van der Waals surface area contributed by atoms with Gasteiger partial charge in [-0.3, -0.25) is 4.90 Å². The molecule has 0 N–H and O–H groups in total. The van der Waals surface area contributed by atoms with Gasteiger partial charge in [0.1, 0.15) is 5.60 Å². The van der Waals surface area contributed by atoms with Gasteiger partial charge in [-0.2, -0.15) is 0 Å². The van der Waals surface area contributed by atoms with Crippen LogP contribution in [0.1, 0.15) is 42.9 Å². The third-order valence-electron chi connectivity index (χ3n) is 6.25. The molecule has 1 aliphatic rings. The fourth-order valence-corrected chi connectivity index (χ4v) is 4.47. The maximum absolute atomic E-state index is 6.25. The molecular formula is C28H33NO. The second-order valence-electron chi connectivity index (χ2n) is 8.54. The number of unbranched alkanes of at least 4 members (excludes halogenated alkanes) is 1. The fourth-order valence-electron chi connectivity index (χ4n) is 4.47. The van der Waals surface area contributed by atoms with Crippen LogP contribution in [0.5, 0.6) is 0 Å². The molecule has 0 aliphatic carbocycles. The monoisotopic (exact) mass is 399 g/mol. The molecular weight excluding hydrogens is 366 g/mol. The number of benzene rings is 3. The fraction of sp³-hybridized carbons (Fsp3) is 0.357. The molecule has 0 amide bonds. The Hall–Kier alpha value is -2.42. The summed E-state index contributed by atoms with van der Waals surface area (Å²) in [6.45, 7) is 5.02. The van der Waals surface area contributed by atoms with Gasteiger partial charge in [0.25, 0.3) is 0 Å². The number of rotatable bonds is 11. The zero-order valence-corrected chi connectivity index (χ0v) is 18.0. The van der Waals surface area contributed by atoms with Gasteiger partial charge < -0.3 is 4.74 Å². The highest BCUT2D eigenvalue weighted by atomic mass is 16.6. The highest BCUT2D eigenvalue weighted by Crippen LogP contribution is 2.41. The maximum Gasteiger partial charge on any atom is 0.107 e. The van der Waals surface area contributed by atoms with Crippen LogP contribution in [0.25, 0.3) is 0 Å². The van der Waals surface area contributed by atoms with Crippen molar-refractivity contribution in [1.29, 1.82) is 0 Å². The van der Waals surface area contributed by atoms with Gasteiger partial charge in [-0.05, 0) is 29.5 Å².